The maximum atomic E-state index is 9.55. The Bertz CT molecular complexity index is 587. The average molecular weight is 271 g/mol. The zero-order valence-corrected chi connectivity index (χ0v) is 11.8. The number of aliphatic hydroxyl groups is 1. The smallest absolute Gasteiger partial charge is 0.127 e. The summed E-state index contributed by atoms with van der Waals surface area (Å²) in [4.78, 5) is 0. The van der Waals surface area contributed by atoms with E-state index in [4.69, 9.17) is 4.74 Å². The van der Waals surface area contributed by atoms with Crippen molar-refractivity contribution in [2.45, 2.75) is 30.9 Å². The summed E-state index contributed by atoms with van der Waals surface area (Å²) in [5, 5.41) is 15.2. The molecule has 1 aliphatic carbocycles. The third-order valence-corrected chi connectivity index (χ3v) is 4.44. The highest BCUT2D eigenvalue weighted by Crippen LogP contribution is 2.34. The molecular formula is C17H21NO2. The Morgan fingerprint density at radius 2 is 2.05 bits per heavy atom. The molecule has 0 heterocycles. The number of hydrogen-bond acceptors (Lipinski definition) is 3. The molecule has 2 atom stereocenters. The SMILES string of the molecule is CNC1(CO)CCC(Oc2cccc3ccccc23)C1. The van der Waals surface area contributed by atoms with Crippen LogP contribution < -0.4 is 10.1 Å². The molecule has 0 radical (unpaired) electrons. The molecule has 0 aromatic heterocycles. The lowest BCUT2D eigenvalue weighted by Crippen LogP contribution is -2.44. The summed E-state index contributed by atoms with van der Waals surface area (Å²) in [7, 11) is 1.91. The normalized spacial score (nSPS) is 26.0. The molecule has 0 saturated heterocycles. The molecule has 3 rings (SSSR count). The highest BCUT2D eigenvalue weighted by atomic mass is 16.5. The van der Waals surface area contributed by atoms with E-state index in [2.05, 4.69) is 23.5 Å². The van der Waals surface area contributed by atoms with Crippen LogP contribution in [0.1, 0.15) is 19.3 Å². The largest absolute Gasteiger partial charge is 0.490 e. The molecule has 1 saturated carbocycles. The number of rotatable bonds is 4. The predicted octanol–water partition coefficient (Wildman–Crippen LogP) is 2.72. The molecule has 2 aromatic carbocycles. The Balaban J connectivity index is 1.81. The fourth-order valence-corrected chi connectivity index (χ4v) is 3.11. The first-order valence-electron chi connectivity index (χ1n) is 7.20. The van der Waals surface area contributed by atoms with Crippen molar-refractivity contribution in [1.82, 2.24) is 5.32 Å². The highest BCUT2D eigenvalue weighted by molar-refractivity contribution is 5.88. The van der Waals surface area contributed by atoms with E-state index in [-0.39, 0.29) is 18.2 Å². The van der Waals surface area contributed by atoms with E-state index >= 15 is 0 Å². The Hall–Kier alpha value is -1.58. The Morgan fingerprint density at radius 1 is 1.25 bits per heavy atom. The maximum absolute atomic E-state index is 9.55. The number of fused-ring (bicyclic) bond motifs is 1. The van der Waals surface area contributed by atoms with Gasteiger partial charge in [0.1, 0.15) is 11.9 Å². The van der Waals surface area contributed by atoms with Crippen LogP contribution in [0.4, 0.5) is 0 Å². The molecule has 2 unspecified atom stereocenters. The second kappa shape index (κ2) is 5.43. The molecule has 2 N–H and O–H groups in total. The van der Waals surface area contributed by atoms with Crippen molar-refractivity contribution in [3.63, 3.8) is 0 Å². The molecule has 0 spiro atoms. The number of benzene rings is 2. The predicted molar refractivity (Wildman–Crippen MR) is 81.1 cm³/mol. The van der Waals surface area contributed by atoms with Crippen LogP contribution in [0.2, 0.25) is 0 Å². The average Bonchev–Trinajstić information content (AvgIpc) is 2.92. The molecule has 2 aromatic rings. The van der Waals surface area contributed by atoms with Gasteiger partial charge in [-0.25, -0.2) is 0 Å². The minimum atomic E-state index is -0.171. The first-order valence-corrected chi connectivity index (χ1v) is 7.20. The molecule has 0 bridgehead atoms. The van der Waals surface area contributed by atoms with Gasteiger partial charge in [-0.2, -0.15) is 0 Å². The summed E-state index contributed by atoms with van der Waals surface area (Å²) in [5.74, 6) is 0.943. The molecule has 1 aliphatic rings. The van der Waals surface area contributed by atoms with E-state index in [1.165, 1.54) is 5.39 Å². The molecule has 106 valence electrons. The Labute approximate surface area is 119 Å². The van der Waals surface area contributed by atoms with Crippen molar-refractivity contribution in [2.24, 2.45) is 0 Å². The fourth-order valence-electron chi connectivity index (χ4n) is 3.11. The van der Waals surface area contributed by atoms with Gasteiger partial charge in [0.15, 0.2) is 0 Å². The molecular weight excluding hydrogens is 250 g/mol. The molecule has 1 fully saturated rings. The minimum Gasteiger partial charge on any atom is -0.490 e. The third kappa shape index (κ3) is 2.39. The van der Waals surface area contributed by atoms with Crippen LogP contribution in [0, 0.1) is 0 Å². The van der Waals surface area contributed by atoms with Crippen LogP contribution in [-0.4, -0.2) is 30.4 Å². The molecule has 3 heteroatoms. The van der Waals surface area contributed by atoms with Crippen LogP contribution >= 0.6 is 0 Å². The first kappa shape index (κ1) is 13.4. The van der Waals surface area contributed by atoms with Crippen molar-refractivity contribution in [2.75, 3.05) is 13.7 Å². The van der Waals surface area contributed by atoms with Gasteiger partial charge in [-0.05, 0) is 31.3 Å². The van der Waals surface area contributed by atoms with Gasteiger partial charge in [0.2, 0.25) is 0 Å². The summed E-state index contributed by atoms with van der Waals surface area (Å²) in [6.07, 6.45) is 2.95. The lowest BCUT2D eigenvalue weighted by Gasteiger charge is -2.26. The molecule has 0 amide bonds. The van der Waals surface area contributed by atoms with Crippen molar-refractivity contribution in [3.05, 3.63) is 42.5 Å². The van der Waals surface area contributed by atoms with E-state index < -0.39 is 0 Å². The van der Waals surface area contributed by atoms with E-state index in [9.17, 15) is 5.11 Å². The van der Waals surface area contributed by atoms with Gasteiger partial charge in [0.25, 0.3) is 0 Å². The number of nitrogens with one attached hydrogen (secondary N) is 1. The van der Waals surface area contributed by atoms with Gasteiger partial charge >= 0.3 is 0 Å². The minimum absolute atomic E-state index is 0.166. The number of likely N-dealkylation sites (N-methyl/N-ethyl adjacent to an activating group) is 1. The van der Waals surface area contributed by atoms with E-state index in [0.717, 1.165) is 30.4 Å². The summed E-state index contributed by atoms with van der Waals surface area (Å²) in [5.41, 5.74) is -0.171. The monoisotopic (exact) mass is 271 g/mol. The topological polar surface area (TPSA) is 41.5 Å². The summed E-state index contributed by atoms with van der Waals surface area (Å²) in [6, 6.07) is 14.4. The summed E-state index contributed by atoms with van der Waals surface area (Å²) < 4.78 is 6.20. The van der Waals surface area contributed by atoms with Crippen molar-refractivity contribution in [1.29, 1.82) is 0 Å². The van der Waals surface area contributed by atoms with Crippen LogP contribution in [-0.2, 0) is 0 Å². The summed E-state index contributed by atoms with van der Waals surface area (Å²) in [6.45, 7) is 0.166. The van der Waals surface area contributed by atoms with Crippen LogP contribution in [0.25, 0.3) is 10.8 Å². The first-order chi connectivity index (χ1) is 9.76. The van der Waals surface area contributed by atoms with Crippen LogP contribution in [0.15, 0.2) is 42.5 Å². The number of aliphatic hydroxyl groups excluding tert-OH is 1. The second-order valence-electron chi connectivity index (χ2n) is 5.65. The Kier molecular flexibility index (Phi) is 3.64. The second-order valence-corrected chi connectivity index (χ2v) is 5.65. The molecule has 0 aliphatic heterocycles. The van der Waals surface area contributed by atoms with Crippen molar-refractivity contribution >= 4 is 10.8 Å². The lowest BCUT2D eigenvalue weighted by atomic mass is 9.99. The zero-order valence-electron chi connectivity index (χ0n) is 11.8. The lowest BCUT2D eigenvalue weighted by molar-refractivity contribution is 0.147. The van der Waals surface area contributed by atoms with Gasteiger partial charge in [-0.3, -0.25) is 0 Å². The van der Waals surface area contributed by atoms with Crippen molar-refractivity contribution in [3.8, 4) is 5.75 Å². The quantitative estimate of drug-likeness (QED) is 0.898. The van der Waals surface area contributed by atoms with Gasteiger partial charge < -0.3 is 15.2 Å². The highest BCUT2D eigenvalue weighted by Gasteiger charge is 2.38. The fraction of sp³-hybridized carbons (Fsp3) is 0.412. The zero-order chi connectivity index (χ0) is 14.0. The van der Waals surface area contributed by atoms with Gasteiger partial charge in [0.05, 0.1) is 6.61 Å². The van der Waals surface area contributed by atoms with Gasteiger partial charge in [-0.1, -0.05) is 36.4 Å². The van der Waals surface area contributed by atoms with Gasteiger partial charge in [-0.15, -0.1) is 0 Å². The van der Waals surface area contributed by atoms with Crippen LogP contribution in [0.3, 0.4) is 0 Å². The van der Waals surface area contributed by atoms with E-state index in [1.807, 2.05) is 31.3 Å². The van der Waals surface area contributed by atoms with E-state index in [1.54, 1.807) is 0 Å². The van der Waals surface area contributed by atoms with E-state index in [0.29, 0.717) is 0 Å². The van der Waals surface area contributed by atoms with Crippen molar-refractivity contribution < 1.29 is 9.84 Å². The van der Waals surface area contributed by atoms with Crippen LogP contribution in [0.5, 0.6) is 5.75 Å². The number of hydrogen-bond donors (Lipinski definition) is 2. The molecule has 3 nitrogen and oxygen atoms in total. The number of ether oxygens (including phenoxy) is 1. The maximum Gasteiger partial charge on any atom is 0.127 e. The van der Waals surface area contributed by atoms with Gasteiger partial charge in [0, 0.05) is 17.3 Å². The standard InChI is InChI=1S/C17H21NO2/c1-18-17(12-19)10-9-14(11-17)20-16-8-4-6-13-5-2-3-7-15(13)16/h2-8,14,18-19H,9-12H2,1H3. The molecule has 20 heavy (non-hydrogen) atoms. The summed E-state index contributed by atoms with van der Waals surface area (Å²) >= 11 is 0. The Morgan fingerprint density at radius 3 is 2.80 bits per heavy atom. The third-order valence-electron chi connectivity index (χ3n) is 4.44.